The fraction of sp³-hybridized carbons (Fsp3) is 0.120. The first kappa shape index (κ1) is 21.5. The third kappa shape index (κ3) is 4.20. The smallest absolute Gasteiger partial charge is 0.251 e. The summed E-state index contributed by atoms with van der Waals surface area (Å²) >= 11 is 1.33. The van der Waals surface area contributed by atoms with Gasteiger partial charge in [0.25, 0.3) is 5.91 Å². The molecule has 1 amide bonds. The topological polar surface area (TPSA) is 64.6 Å². The van der Waals surface area contributed by atoms with Gasteiger partial charge in [0.05, 0.1) is 25.5 Å². The molecule has 3 aromatic carbocycles. The number of thiophene rings is 1. The number of carbonyl (C=O) groups excluding carboxylic acids is 2. The molecule has 0 saturated carbocycles. The second-order valence-electron chi connectivity index (χ2n) is 7.02. The highest BCUT2D eigenvalue weighted by atomic mass is 32.1. The Morgan fingerprint density at radius 2 is 1.72 bits per heavy atom. The van der Waals surface area contributed by atoms with E-state index in [-0.39, 0.29) is 18.1 Å². The summed E-state index contributed by atoms with van der Waals surface area (Å²) < 4.78 is 25.0. The zero-order valence-electron chi connectivity index (χ0n) is 17.5. The van der Waals surface area contributed by atoms with E-state index in [0.29, 0.717) is 27.3 Å². The summed E-state index contributed by atoms with van der Waals surface area (Å²) in [6, 6.07) is 16.9. The van der Waals surface area contributed by atoms with E-state index >= 15 is 0 Å². The second-order valence-corrected chi connectivity index (χ2v) is 7.90. The molecule has 32 heavy (non-hydrogen) atoms. The molecule has 0 aliphatic carbocycles. The third-order valence-corrected chi connectivity index (χ3v) is 6.11. The summed E-state index contributed by atoms with van der Waals surface area (Å²) in [4.78, 5) is 25.2. The summed E-state index contributed by atoms with van der Waals surface area (Å²) in [7, 11) is 3.00. The normalized spacial score (nSPS) is 10.7. The number of carbonyl (C=O) groups is 2. The number of rotatable bonds is 7. The quantitative estimate of drug-likeness (QED) is 0.387. The van der Waals surface area contributed by atoms with Crippen LogP contribution >= 0.6 is 11.3 Å². The Labute approximate surface area is 188 Å². The van der Waals surface area contributed by atoms with Gasteiger partial charge in [-0.05, 0) is 41.3 Å². The van der Waals surface area contributed by atoms with Crippen molar-refractivity contribution in [1.82, 2.24) is 5.32 Å². The number of ketones is 1. The third-order valence-electron chi connectivity index (χ3n) is 5.10. The molecule has 5 nitrogen and oxygen atoms in total. The summed E-state index contributed by atoms with van der Waals surface area (Å²) in [5.41, 5.74) is 2.51. The molecule has 0 bridgehead atoms. The number of nitrogens with one attached hydrogen (secondary N) is 1. The Balaban J connectivity index is 1.50. The van der Waals surface area contributed by atoms with Crippen molar-refractivity contribution in [2.45, 2.75) is 0 Å². The zero-order chi connectivity index (χ0) is 22.7. The largest absolute Gasteiger partial charge is 0.493 e. The van der Waals surface area contributed by atoms with Crippen LogP contribution in [-0.2, 0) is 0 Å². The van der Waals surface area contributed by atoms with E-state index in [1.165, 1.54) is 31.6 Å². The molecule has 1 heterocycles. The van der Waals surface area contributed by atoms with Gasteiger partial charge in [-0.1, -0.05) is 30.3 Å². The van der Waals surface area contributed by atoms with E-state index in [9.17, 15) is 14.0 Å². The fourth-order valence-corrected chi connectivity index (χ4v) is 4.43. The molecule has 7 heteroatoms. The minimum Gasteiger partial charge on any atom is -0.493 e. The average molecular weight is 450 g/mol. The first-order valence-corrected chi connectivity index (χ1v) is 10.7. The maximum atomic E-state index is 14.0. The van der Waals surface area contributed by atoms with E-state index in [2.05, 4.69) is 5.32 Å². The lowest BCUT2D eigenvalue weighted by Crippen LogP contribution is -2.29. The van der Waals surface area contributed by atoms with E-state index in [4.69, 9.17) is 9.47 Å². The van der Waals surface area contributed by atoms with Gasteiger partial charge in [0.2, 0.25) is 0 Å². The van der Waals surface area contributed by atoms with E-state index in [1.807, 2.05) is 17.5 Å². The molecule has 0 radical (unpaired) electrons. The molecule has 162 valence electrons. The van der Waals surface area contributed by atoms with Crippen molar-refractivity contribution in [1.29, 1.82) is 0 Å². The highest BCUT2D eigenvalue weighted by Gasteiger charge is 2.15. The number of methoxy groups -OCH3 is 2. The van der Waals surface area contributed by atoms with E-state index in [0.717, 1.165) is 16.5 Å². The van der Waals surface area contributed by atoms with Gasteiger partial charge >= 0.3 is 0 Å². The molecule has 1 N–H and O–H groups in total. The molecular weight excluding hydrogens is 429 g/mol. The highest BCUT2D eigenvalue weighted by molar-refractivity contribution is 7.17. The Morgan fingerprint density at radius 1 is 0.938 bits per heavy atom. The van der Waals surface area contributed by atoms with Gasteiger partial charge in [-0.25, -0.2) is 4.39 Å². The lowest BCUT2D eigenvalue weighted by molar-refractivity contribution is 0.0904. The molecule has 0 saturated heterocycles. The number of hydrogen-bond acceptors (Lipinski definition) is 5. The molecule has 4 rings (SSSR count). The van der Waals surface area contributed by atoms with Gasteiger partial charge in [-0.3, -0.25) is 9.59 Å². The Hall–Kier alpha value is -3.71. The van der Waals surface area contributed by atoms with Gasteiger partial charge < -0.3 is 14.8 Å². The van der Waals surface area contributed by atoms with Crippen LogP contribution in [0.3, 0.4) is 0 Å². The van der Waals surface area contributed by atoms with Gasteiger partial charge in [0, 0.05) is 22.1 Å². The number of amides is 1. The van der Waals surface area contributed by atoms with Crippen molar-refractivity contribution >= 4 is 33.1 Å². The molecule has 0 aliphatic rings. The first-order chi connectivity index (χ1) is 15.5. The van der Waals surface area contributed by atoms with Crippen LogP contribution in [0.5, 0.6) is 11.5 Å². The fourth-order valence-electron chi connectivity index (χ4n) is 3.45. The van der Waals surface area contributed by atoms with Crippen LogP contribution in [0.15, 0.2) is 66.0 Å². The SMILES string of the molecule is COc1ccc(C(=O)NCC(=O)c2cccc(-c3csc4c(F)cccc34)c2)cc1OC. The van der Waals surface area contributed by atoms with Crippen LogP contribution < -0.4 is 14.8 Å². The lowest BCUT2D eigenvalue weighted by Gasteiger charge is -2.10. The zero-order valence-corrected chi connectivity index (χ0v) is 18.3. The molecule has 0 aliphatic heterocycles. The lowest BCUT2D eigenvalue weighted by atomic mass is 10.0. The van der Waals surface area contributed by atoms with E-state index in [1.54, 1.807) is 42.5 Å². The van der Waals surface area contributed by atoms with Crippen molar-refractivity contribution in [2.24, 2.45) is 0 Å². The predicted molar refractivity (Wildman–Crippen MR) is 123 cm³/mol. The van der Waals surface area contributed by atoms with Gasteiger partial charge in [0.15, 0.2) is 17.3 Å². The average Bonchev–Trinajstić information content (AvgIpc) is 3.27. The van der Waals surface area contributed by atoms with Crippen molar-refractivity contribution in [3.63, 3.8) is 0 Å². The highest BCUT2D eigenvalue weighted by Crippen LogP contribution is 2.35. The van der Waals surface area contributed by atoms with Crippen molar-refractivity contribution in [2.75, 3.05) is 20.8 Å². The van der Waals surface area contributed by atoms with Crippen molar-refractivity contribution in [3.05, 3.63) is 83.0 Å². The summed E-state index contributed by atoms with van der Waals surface area (Å²) in [5.74, 6) is 0.0568. The number of ether oxygens (including phenoxy) is 2. The molecule has 0 spiro atoms. The Bertz CT molecular complexity index is 1310. The maximum absolute atomic E-state index is 14.0. The Morgan fingerprint density at radius 3 is 2.50 bits per heavy atom. The molecule has 1 aromatic heterocycles. The number of hydrogen-bond donors (Lipinski definition) is 1. The molecule has 0 unspecified atom stereocenters. The standard InChI is InChI=1S/C25H20FNO4S/c1-30-22-10-9-17(12-23(22)31-2)25(29)27-13-21(28)16-6-3-5-15(11-16)19-14-32-24-18(19)7-4-8-20(24)26/h3-12,14H,13H2,1-2H3,(H,27,29). The monoisotopic (exact) mass is 449 g/mol. The van der Waals surface area contributed by atoms with Crippen molar-refractivity contribution in [3.8, 4) is 22.6 Å². The number of halogens is 1. The van der Waals surface area contributed by atoms with Crippen LogP contribution in [0, 0.1) is 5.82 Å². The molecular formula is C25H20FNO4S. The van der Waals surface area contributed by atoms with Crippen LogP contribution in [-0.4, -0.2) is 32.5 Å². The maximum Gasteiger partial charge on any atom is 0.251 e. The number of Topliss-reactive ketones (excluding diaryl/α,β-unsaturated/α-hetero) is 1. The minimum atomic E-state index is -0.394. The first-order valence-electron chi connectivity index (χ1n) is 9.81. The summed E-state index contributed by atoms with van der Waals surface area (Å²) in [6.07, 6.45) is 0. The summed E-state index contributed by atoms with van der Waals surface area (Å²) in [6.45, 7) is -0.157. The summed E-state index contributed by atoms with van der Waals surface area (Å²) in [5, 5.41) is 5.34. The van der Waals surface area contributed by atoms with Crippen LogP contribution in [0.4, 0.5) is 4.39 Å². The molecule has 0 atom stereocenters. The van der Waals surface area contributed by atoms with Crippen molar-refractivity contribution < 1.29 is 23.5 Å². The predicted octanol–water partition coefficient (Wildman–Crippen LogP) is 5.34. The van der Waals surface area contributed by atoms with Crippen LogP contribution in [0.2, 0.25) is 0 Å². The van der Waals surface area contributed by atoms with Crippen LogP contribution in [0.25, 0.3) is 21.2 Å². The Kier molecular flexibility index (Phi) is 6.18. The van der Waals surface area contributed by atoms with Crippen LogP contribution in [0.1, 0.15) is 20.7 Å². The van der Waals surface area contributed by atoms with Gasteiger partial charge in [-0.15, -0.1) is 11.3 Å². The number of fused-ring (bicyclic) bond motifs is 1. The number of benzene rings is 3. The minimum absolute atomic E-state index is 0.157. The van der Waals surface area contributed by atoms with E-state index < -0.39 is 5.91 Å². The molecule has 0 fully saturated rings. The second kappa shape index (κ2) is 9.20. The van der Waals surface area contributed by atoms with Gasteiger partial charge in [0.1, 0.15) is 5.82 Å². The van der Waals surface area contributed by atoms with Gasteiger partial charge in [-0.2, -0.15) is 0 Å². The molecule has 4 aromatic rings.